The molecular weight excluding hydrogens is 344 g/mol. The number of esters is 1. The first kappa shape index (κ1) is 18.8. The third-order valence-electron chi connectivity index (χ3n) is 4.55. The normalized spacial score (nSPS) is 16.6. The van der Waals surface area contributed by atoms with Crippen molar-refractivity contribution >= 4 is 23.5 Å². The highest BCUT2D eigenvalue weighted by Crippen LogP contribution is 2.22. The number of carbonyl (C=O) groups excluding carboxylic acids is 3. The maximum absolute atomic E-state index is 12.7. The van der Waals surface area contributed by atoms with Crippen molar-refractivity contribution in [2.45, 2.75) is 25.8 Å². The summed E-state index contributed by atoms with van der Waals surface area (Å²) in [5.41, 5.74) is 2.08. The van der Waals surface area contributed by atoms with Gasteiger partial charge in [-0.25, -0.2) is 9.69 Å². The van der Waals surface area contributed by atoms with Gasteiger partial charge in [-0.1, -0.05) is 30.3 Å². The Balaban J connectivity index is 1.61. The molecule has 6 heteroatoms. The first-order valence-corrected chi connectivity index (χ1v) is 9.11. The lowest BCUT2D eigenvalue weighted by Gasteiger charge is -2.14. The number of nitrogens with two attached hydrogens (primary N) is 1. The summed E-state index contributed by atoms with van der Waals surface area (Å²) < 4.78 is 4.94. The minimum atomic E-state index is -0.421. The van der Waals surface area contributed by atoms with E-state index in [2.05, 4.69) is 0 Å². The van der Waals surface area contributed by atoms with Gasteiger partial charge in [0.25, 0.3) is 5.91 Å². The van der Waals surface area contributed by atoms with E-state index in [0.29, 0.717) is 17.9 Å². The van der Waals surface area contributed by atoms with Gasteiger partial charge in [0.2, 0.25) is 5.91 Å². The van der Waals surface area contributed by atoms with Crippen LogP contribution in [0.2, 0.25) is 0 Å². The molecule has 1 saturated heterocycles. The zero-order chi connectivity index (χ0) is 19.2. The number of ether oxygens (including phenoxy) is 1. The van der Waals surface area contributed by atoms with Gasteiger partial charge in [0.1, 0.15) is 0 Å². The lowest BCUT2D eigenvalue weighted by atomic mass is 10.1. The van der Waals surface area contributed by atoms with E-state index in [1.807, 2.05) is 35.6 Å². The van der Waals surface area contributed by atoms with Crippen LogP contribution in [0.15, 0.2) is 54.6 Å². The van der Waals surface area contributed by atoms with E-state index in [0.717, 1.165) is 13.0 Å². The highest BCUT2D eigenvalue weighted by Gasteiger charge is 2.42. The number of amides is 2. The van der Waals surface area contributed by atoms with Crippen molar-refractivity contribution in [2.24, 2.45) is 0 Å². The average molecular weight is 367 g/mol. The fourth-order valence-corrected chi connectivity index (χ4v) is 3.17. The van der Waals surface area contributed by atoms with Crippen molar-refractivity contribution < 1.29 is 24.4 Å². The molecule has 2 aromatic carbocycles. The Morgan fingerprint density at radius 3 is 2.48 bits per heavy atom. The molecule has 2 aromatic rings. The number of anilines is 1. The molecule has 0 saturated carbocycles. The first-order valence-electron chi connectivity index (χ1n) is 9.11. The van der Waals surface area contributed by atoms with Gasteiger partial charge in [0.15, 0.2) is 6.04 Å². The van der Waals surface area contributed by atoms with Crippen molar-refractivity contribution in [1.29, 1.82) is 0 Å². The van der Waals surface area contributed by atoms with Crippen molar-refractivity contribution in [2.75, 3.05) is 18.1 Å². The minimum absolute atomic E-state index is 0.188. The van der Waals surface area contributed by atoms with Crippen molar-refractivity contribution in [1.82, 2.24) is 0 Å². The molecule has 0 bridgehead atoms. The van der Waals surface area contributed by atoms with E-state index >= 15 is 0 Å². The Kier molecular flexibility index (Phi) is 5.98. The number of benzene rings is 2. The van der Waals surface area contributed by atoms with Gasteiger partial charge in [-0.2, -0.15) is 0 Å². The van der Waals surface area contributed by atoms with E-state index in [1.165, 1.54) is 10.5 Å². The molecular formula is C21H23N2O4+. The molecule has 6 nitrogen and oxygen atoms in total. The molecule has 3 rings (SSSR count). The van der Waals surface area contributed by atoms with Crippen LogP contribution in [0.3, 0.4) is 0 Å². The Morgan fingerprint density at radius 2 is 1.81 bits per heavy atom. The summed E-state index contributed by atoms with van der Waals surface area (Å²) in [5, 5.41) is 1.93. The molecule has 0 aliphatic carbocycles. The second-order valence-electron chi connectivity index (χ2n) is 6.41. The molecule has 27 heavy (non-hydrogen) atoms. The molecule has 1 fully saturated rings. The highest BCUT2D eigenvalue weighted by atomic mass is 16.5. The van der Waals surface area contributed by atoms with Gasteiger partial charge >= 0.3 is 5.97 Å². The zero-order valence-corrected chi connectivity index (χ0v) is 15.3. The van der Waals surface area contributed by atoms with Crippen LogP contribution in [-0.2, 0) is 20.7 Å². The number of rotatable bonds is 7. The maximum Gasteiger partial charge on any atom is 0.338 e. The van der Waals surface area contributed by atoms with Crippen LogP contribution in [0.5, 0.6) is 0 Å². The lowest BCUT2D eigenvalue weighted by molar-refractivity contribution is -0.674. The predicted octanol–water partition coefficient (Wildman–Crippen LogP) is 1.30. The van der Waals surface area contributed by atoms with Crippen LogP contribution >= 0.6 is 0 Å². The molecule has 140 valence electrons. The van der Waals surface area contributed by atoms with Gasteiger partial charge in [0, 0.05) is 6.42 Å². The van der Waals surface area contributed by atoms with Crippen LogP contribution in [0.25, 0.3) is 0 Å². The third-order valence-corrected chi connectivity index (χ3v) is 4.55. The molecule has 1 atom stereocenters. The fourth-order valence-electron chi connectivity index (χ4n) is 3.17. The monoisotopic (exact) mass is 367 g/mol. The first-order chi connectivity index (χ1) is 13.1. The summed E-state index contributed by atoms with van der Waals surface area (Å²) in [6.07, 6.45) is 1.03. The van der Waals surface area contributed by atoms with Crippen LogP contribution in [0, 0.1) is 0 Å². The van der Waals surface area contributed by atoms with Crippen molar-refractivity contribution in [3.05, 3.63) is 65.7 Å². The Hall–Kier alpha value is -2.99. The number of nitrogens with zero attached hydrogens (tertiary/aromatic N) is 1. The molecule has 0 aromatic heterocycles. The summed E-state index contributed by atoms with van der Waals surface area (Å²) in [7, 11) is 0. The molecule has 1 aliphatic heterocycles. The number of imide groups is 1. The SMILES string of the molecule is CCOC(=O)c1ccc(N2C(=O)C[C@@H]([NH2+]CCc3ccccc3)C2=O)cc1. The van der Waals surface area contributed by atoms with E-state index < -0.39 is 12.0 Å². The topological polar surface area (TPSA) is 80.3 Å². The quantitative estimate of drug-likeness (QED) is 0.591. The summed E-state index contributed by atoms with van der Waals surface area (Å²) in [6.45, 7) is 2.77. The van der Waals surface area contributed by atoms with E-state index in [4.69, 9.17) is 4.74 Å². The molecule has 1 aliphatic rings. The smallest absolute Gasteiger partial charge is 0.338 e. The molecule has 2 N–H and O–H groups in total. The minimum Gasteiger partial charge on any atom is -0.462 e. The molecule has 1 heterocycles. The maximum atomic E-state index is 12.7. The molecule has 0 spiro atoms. The Labute approximate surface area is 158 Å². The standard InChI is InChI=1S/C21H22N2O4/c1-2-27-21(26)16-8-10-17(11-9-16)23-19(24)14-18(20(23)25)22-13-12-15-6-4-3-5-7-15/h3-11,18,22H,2,12-14H2,1H3/p+1/t18-/m1/s1. The summed E-state index contributed by atoms with van der Waals surface area (Å²) in [4.78, 5) is 37.9. The van der Waals surface area contributed by atoms with Crippen LogP contribution in [-0.4, -0.2) is 37.0 Å². The van der Waals surface area contributed by atoms with Gasteiger partial charge in [-0.3, -0.25) is 9.59 Å². The van der Waals surface area contributed by atoms with Crippen LogP contribution in [0.4, 0.5) is 5.69 Å². The number of hydrogen-bond donors (Lipinski definition) is 1. The van der Waals surface area contributed by atoms with Crippen molar-refractivity contribution in [3.63, 3.8) is 0 Å². The van der Waals surface area contributed by atoms with Crippen LogP contribution in [0.1, 0.15) is 29.3 Å². The highest BCUT2D eigenvalue weighted by molar-refractivity contribution is 6.21. The van der Waals surface area contributed by atoms with Gasteiger partial charge < -0.3 is 10.1 Å². The second-order valence-corrected chi connectivity index (χ2v) is 6.41. The molecule has 2 amide bonds. The Bertz CT molecular complexity index is 818. The number of quaternary nitrogens is 1. The fraction of sp³-hybridized carbons (Fsp3) is 0.286. The van der Waals surface area contributed by atoms with E-state index in [1.54, 1.807) is 31.2 Å². The third kappa shape index (κ3) is 4.41. The van der Waals surface area contributed by atoms with Crippen LogP contribution < -0.4 is 10.2 Å². The number of hydrogen-bond acceptors (Lipinski definition) is 4. The average Bonchev–Trinajstić information content (AvgIpc) is 2.96. The molecule has 0 radical (unpaired) electrons. The lowest BCUT2D eigenvalue weighted by Crippen LogP contribution is -2.92. The molecule has 0 unspecified atom stereocenters. The zero-order valence-electron chi connectivity index (χ0n) is 15.3. The summed E-state index contributed by atoms with van der Waals surface area (Å²) in [6, 6.07) is 16.0. The number of carbonyl (C=O) groups is 3. The van der Waals surface area contributed by atoms with Gasteiger partial charge in [0.05, 0.1) is 30.8 Å². The summed E-state index contributed by atoms with van der Waals surface area (Å²) in [5.74, 6) is -0.850. The van der Waals surface area contributed by atoms with Gasteiger partial charge in [-0.15, -0.1) is 0 Å². The summed E-state index contributed by atoms with van der Waals surface area (Å²) >= 11 is 0. The second kappa shape index (κ2) is 8.60. The van der Waals surface area contributed by atoms with Crippen molar-refractivity contribution in [3.8, 4) is 0 Å². The van der Waals surface area contributed by atoms with E-state index in [-0.39, 0.29) is 18.2 Å². The van der Waals surface area contributed by atoms with E-state index in [9.17, 15) is 14.4 Å². The predicted molar refractivity (Wildman–Crippen MR) is 100 cm³/mol. The van der Waals surface area contributed by atoms with Gasteiger partial charge in [-0.05, 0) is 36.8 Å². The largest absolute Gasteiger partial charge is 0.462 e. The Morgan fingerprint density at radius 1 is 1.11 bits per heavy atom.